The van der Waals surface area contributed by atoms with Crippen molar-refractivity contribution in [1.29, 1.82) is 0 Å². The molecule has 0 saturated carbocycles. The topological polar surface area (TPSA) is 124 Å². The first-order chi connectivity index (χ1) is 17.3. The number of aromatic nitrogens is 1. The third-order valence-corrected chi connectivity index (χ3v) is 9.35. The second-order valence-corrected chi connectivity index (χ2v) is 11.5. The van der Waals surface area contributed by atoms with E-state index in [0.29, 0.717) is 34.7 Å². The number of hydrogen-bond acceptors (Lipinski definition) is 7. The first-order valence-corrected chi connectivity index (χ1v) is 14.0. The Labute approximate surface area is 213 Å². The summed E-state index contributed by atoms with van der Waals surface area (Å²) >= 11 is 1.17. The standard InChI is InChI=1S/C24H28N4O6S2/c1-3-18-6-4-5-13-27(18)36(32,33)20-10-7-17(8-11-20)23(29)25-24-26(14-15-34-2)21-12-9-19(28(30)31)16-22(21)35-24/h7-12,16,18H,3-6,13-15H2,1-2H3. The lowest BCUT2D eigenvalue weighted by atomic mass is 10.0. The third kappa shape index (κ3) is 5.26. The molecule has 36 heavy (non-hydrogen) atoms. The summed E-state index contributed by atoms with van der Waals surface area (Å²) in [6, 6.07) is 10.3. The van der Waals surface area contributed by atoms with Crippen molar-refractivity contribution in [3.05, 3.63) is 62.9 Å². The van der Waals surface area contributed by atoms with Crippen molar-refractivity contribution in [2.45, 2.75) is 50.1 Å². The smallest absolute Gasteiger partial charge is 0.279 e. The summed E-state index contributed by atoms with van der Waals surface area (Å²) in [6.07, 6.45) is 3.48. The van der Waals surface area contributed by atoms with Gasteiger partial charge in [0.05, 0.1) is 26.6 Å². The molecule has 0 radical (unpaired) electrons. The summed E-state index contributed by atoms with van der Waals surface area (Å²) in [4.78, 5) is 28.5. The predicted molar refractivity (Wildman–Crippen MR) is 137 cm³/mol. The maximum Gasteiger partial charge on any atom is 0.279 e. The van der Waals surface area contributed by atoms with Crippen LogP contribution in [0.5, 0.6) is 0 Å². The Kier molecular flexibility index (Phi) is 7.98. The molecular weight excluding hydrogens is 504 g/mol. The van der Waals surface area contributed by atoms with E-state index < -0.39 is 20.9 Å². The lowest BCUT2D eigenvalue weighted by Gasteiger charge is -2.34. The molecule has 10 nitrogen and oxygen atoms in total. The highest BCUT2D eigenvalue weighted by Crippen LogP contribution is 2.27. The molecule has 1 saturated heterocycles. The van der Waals surface area contributed by atoms with Gasteiger partial charge in [0.1, 0.15) is 0 Å². The quantitative estimate of drug-likeness (QED) is 0.320. The molecule has 1 aliphatic heterocycles. The second kappa shape index (κ2) is 11.0. The Balaban J connectivity index is 1.66. The van der Waals surface area contributed by atoms with E-state index in [4.69, 9.17) is 4.74 Å². The van der Waals surface area contributed by atoms with Crippen molar-refractivity contribution >= 4 is 43.2 Å². The zero-order chi connectivity index (χ0) is 25.9. The predicted octanol–water partition coefficient (Wildman–Crippen LogP) is 3.95. The van der Waals surface area contributed by atoms with E-state index in [1.54, 1.807) is 22.0 Å². The highest BCUT2D eigenvalue weighted by molar-refractivity contribution is 7.89. The first-order valence-electron chi connectivity index (χ1n) is 11.7. The highest BCUT2D eigenvalue weighted by Gasteiger charge is 2.32. The SMILES string of the molecule is CCC1CCCCN1S(=O)(=O)c1ccc(C(=O)N=c2sc3cc([N+](=O)[O-])ccc3n2CCOC)cc1. The number of sulfonamides is 1. The first kappa shape index (κ1) is 26.1. The Hall–Kier alpha value is -2.93. The minimum Gasteiger partial charge on any atom is -0.383 e. The van der Waals surface area contributed by atoms with Gasteiger partial charge in [-0.2, -0.15) is 9.30 Å². The zero-order valence-electron chi connectivity index (χ0n) is 20.1. The normalized spacial score (nSPS) is 17.5. The Morgan fingerprint density at radius 1 is 1.22 bits per heavy atom. The molecular formula is C24H28N4O6S2. The molecule has 1 aromatic heterocycles. The maximum absolute atomic E-state index is 13.2. The number of benzene rings is 2. The fourth-order valence-electron chi connectivity index (χ4n) is 4.41. The minimum absolute atomic E-state index is 0.00797. The fourth-order valence-corrected chi connectivity index (χ4v) is 7.27. The van der Waals surface area contributed by atoms with Crippen molar-refractivity contribution in [2.24, 2.45) is 4.99 Å². The van der Waals surface area contributed by atoms with Gasteiger partial charge in [-0.25, -0.2) is 8.42 Å². The van der Waals surface area contributed by atoms with Crippen molar-refractivity contribution < 1.29 is 22.9 Å². The number of nitrogens with zero attached hydrogens (tertiary/aromatic N) is 4. The van der Waals surface area contributed by atoms with Crippen LogP contribution >= 0.6 is 11.3 Å². The average Bonchev–Trinajstić information content (AvgIpc) is 3.23. The fraction of sp³-hybridized carbons (Fsp3) is 0.417. The number of carbonyl (C=O) groups excluding carboxylic acids is 1. The molecule has 0 aliphatic carbocycles. The van der Waals surface area contributed by atoms with Gasteiger partial charge in [-0.3, -0.25) is 14.9 Å². The van der Waals surface area contributed by atoms with Crippen molar-refractivity contribution in [3.8, 4) is 0 Å². The summed E-state index contributed by atoms with van der Waals surface area (Å²) in [7, 11) is -2.09. The molecule has 1 fully saturated rings. The molecule has 0 bridgehead atoms. The number of amides is 1. The van der Waals surface area contributed by atoms with Crippen LogP contribution in [-0.2, 0) is 21.3 Å². The van der Waals surface area contributed by atoms with Crippen LogP contribution in [0.2, 0.25) is 0 Å². The van der Waals surface area contributed by atoms with E-state index in [9.17, 15) is 23.3 Å². The second-order valence-electron chi connectivity index (χ2n) is 8.55. The van der Waals surface area contributed by atoms with E-state index >= 15 is 0 Å². The van der Waals surface area contributed by atoms with Gasteiger partial charge in [0.15, 0.2) is 4.80 Å². The molecule has 1 unspecified atom stereocenters. The van der Waals surface area contributed by atoms with Gasteiger partial charge in [0, 0.05) is 43.9 Å². The lowest BCUT2D eigenvalue weighted by molar-refractivity contribution is -0.384. The number of non-ortho nitro benzene ring substituents is 1. The number of piperidine rings is 1. The number of hydrogen-bond donors (Lipinski definition) is 0. The molecule has 3 aromatic rings. The van der Waals surface area contributed by atoms with E-state index in [-0.39, 0.29) is 22.2 Å². The monoisotopic (exact) mass is 532 g/mol. The Morgan fingerprint density at radius 2 is 1.97 bits per heavy atom. The van der Waals surface area contributed by atoms with Crippen LogP contribution in [0.1, 0.15) is 43.0 Å². The van der Waals surface area contributed by atoms with Crippen LogP contribution < -0.4 is 4.80 Å². The average molecular weight is 533 g/mol. The number of carbonyl (C=O) groups is 1. The van der Waals surface area contributed by atoms with Crippen molar-refractivity contribution in [1.82, 2.24) is 8.87 Å². The molecule has 1 amide bonds. The molecule has 12 heteroatoms. The van der Waals surface area contributed by atoms with Crippen LogP contribution in [-0.4, -0.2) is 54.4 Å². The summed E-state index contributed by atoms with van der Waals surface area (Å²) in [5.74, 6) is -0.532. The number of nitro benzene ring substituents is 1. The molecule has 4 rings (SSSR count). The van der Waals surface area contributed by atoms with Gasteiger partial charge < -0.3 is 9.30 Å². The van der Waals surface area contributed by atoms with Gasteiger partial charge >= 0.3 is 0 Å². The molecule has 2 aromatic carbocycles. The van der Waals surface area contributed by atoms with Crippen molar-refractivity contribution in [2.75, 3.05) is 20.3 Å². The Bertz CT molecular complexity index is 1440. The van der Waals surface area contributed by atoms with E-state index in [1.165, 1.54) is 47.7 Å². The van der Waals surface area contributed by atoms with Crippen LogP contribution in [0.15, 0.2) is 52.4 Å². The summed E-state index contributed by atoms with van der Waals surface area (Å²) in [5.41, 5.74) is 0.917. The maximum atomic E-state index is 13.2. The largest absolute Gasteiger partial charge is 0.383 e. The number of fused-ring (bicyclic) bond motifs is 1. The van der Waals surface area contributed by atoms with Crippen LogP contribution in [0, 0.1) is 10.1 Å². The number of rotatable bonds is 8. The van der Waals surface area contributed by atoms with Gasteiger partial charge in [-0.1, -0.05) is 24.7 Å². The summed E-state index contributed by atoms with van der Waals surface area (Å²) < 4.78 is 35.6. The van der Waals surface area contributed by atoms with Gasteiger partial charge in [0.2, 0.25) is 10.0 Å². The third-order valence-electron chi connectivity index (χ3n) is 6.35. The van der Waals surface area contributed by atoms with Crippen LogP contribution in [0.3, 0.4) is 0 Å². The van der Waals surface area contributed by atoms with Gasteiger partial charge in [-0.05, 0) is 49.6 Å². The number of nitro groups is 1. The molecule has 1 aliphatic rings. The Morgan fingerprint density at radius 3 is 2.64 bits per heavy atom. The minimum atomic E-state index is -3.65. The van der Waals surface area contributed by atoms with E-state index in [2.05, 4.69) is 4.99 Å². The van der Waals surface area contributed by atoms with E-state index in [1.807, 2.05) is 6.92 Å². The molecule has 192 valence electrons. The number of thiazole rings is 1. The molecule has 2 heterocycles. The number of methoxy groups -OCH3 is 1. The molecule has 0 N–H and O–H groups in total. The lowest BCUT2D eigenvalue weighted by Crippen LogP contribution is -2.43. The van der Waals surface area contributed by atoms with Gasteiger partial charge in [-0.15, -0.1) is 0 Å². The van der Waals surface area contributed by atoms with Crippen LogP contribution in [0.4, 0.5) is 5.69 Å². The summed E-state index contributed by atoms with van der Waals surface area (Å²) in [6.45, 7) is 3.27. The zero-order valence-corrected chi connectivity index (χ0v) is 21.8. The van der Waals surface area contributed by atoms with Crippen molar-refractivity contribution in [3.63, 3.8) is 0 Å². The van der Waals surface area contributed by atoms with Crippen LogP contribution in [0.25, 0.3) is 10.2 Å². The molecule has 1 atom stereocenters. The highest BCUT2D eigenvalue weighted by atomic mass is 32.2. The van der Waals surface area contributed by atoms with E-state index in [0.717, 1.165) is 25.7 Å². The molecule has 0 spiro atoms. The summed E-state index contributed by atoms with van der Waals surface area (Å²) in [5, 5.41) is 11.2. The van der Waals surface area contributed by atoms with Gasteiger partial charge in [0.25, 0.3) is 11.6 Å². The number of ether oxygens (including phenoxy) is 1.